The molecule has 0 aliphatic carbocycles. The predicted octanol–water partition coefficient (Wildman–Crippen LogP) is 6.77. The number of aromatic nitrogens is 2. The summed E-state index contributed by atoms with van der Waals surface area (Å²) < 4.78 is 44.9. The van der Waals surface area contributed by atoms with Crippen molar-refractivity contribution in [3.8, 4) is 5.75 Å². The van der Waals surface area contributed by atoms with Crippen LogP contribution in [-0.4, -0.2) is 54.1 Å². The molecular formula is C31H32F3N7O3. The van der Waals surface area contributed by atoms with Gasteiger partial charge in [0, 0.05) is 35.2 Å². The molecule has 1 aromatic heterocycles. The van der Waals surface area contributed by atoms with Crippen molar-refractivity contribution < 1.29 is 27.5 Å². The average Bonchev–Trinajstić information content (AvgIpc) is 2.97. The van der Waals surface area contributed by atoms with E-state index in [4.69, 9.17) is 4.74 Å². The highest BCUT2D eigenvalue weighted by Crippen LogP contribution is 2.30. The van der Waals surface area contributed by atoms with Crippen molar-refractivity contribution in [3.05, 3.63) is 95.8 Å². The van der Waals surface area contributed by atoms with E-state index in [1.165, 1.54) is 24.5 Å². The van der Waals surface area contributed by atoms with Crippen molar-refractivity contribution in [2.75, 3.05) is 48.5 Å². The maximum absolute atomic E-state index is 13.0. The molecule has 230 valence electrons. The summed E-state index contributed by atoms with van der Waals surface area (Å²) in [5.41, 5.74) is 1.03. The molecule has 0 atom stereocenters. The molecule has 0 fully saturated rings. The molecule has 3 amide bonds. The molecule has 0 saturated heterocycles. The van der Waals surface area contributed by atoms with Crippen molar-refractivity contribution in [2.24, 2.45) is 0 Å². The highest BCUT2D eigenvalue weighted by molar-refractivity contribution is 6.05. The first-order chi connectivity index (χ1) is 21.0. The Kier molecular flexibility index (Phi) is 10.3. The van der Waals surface area contributed by atoms with Gasteiger partial charge in [-0.25, -0.2) is 14.8 Å². The molecule has 4 aromatic rings. The summed E-state index contributed by atoms with van der Waals surface area (Å²) in [7, 11) is 4.03. The van der Waals surface area contributed by atoms with Gasteiger partial charge in [-0.05, 0) is 87.6 Å². The Bertz CT molecular complexity index is 1600. The number of halogens is 3. The molecule has 3 aromatic carbocycles. The minimum atomic E-state index is -4.57. The number of ether oxygens (including phenoxy) is 1. The van der Waals surface area contributed by atoms with E-state index in [1.807, 2.05) is 38.4 Å². The van der Waals surface area contributed by atoms with E-state index in [1.54, 1.807) is 25.1 Å². The van der Waals surface area contributed by atoms with Crippen molar-refractivity contribution in [3.63, 3.8) is 0 Å². The van der Waals surface area contributed by atoms with Crippen molar-refractivity contribution in [2.45, 2.75) is 19.5 Å². The predicted molar refractivity (Wildman–Crippen MR) is 164 cm³/mol. The molecule has 0 unspecified atom stereocenters. The lowest BCUT2D eigenvalue weighted by Gasteiger charge is -2.13. The van der Waals surface area contributed by atoms with E-state index in [2.05, 4.69) is 36.1 Å². The quantitative estimate of drug-likeness (QED) is 0.139. The average molecular weight is 608 g/mol. The maximum atomic E-state index is 13.0. The molecule has 0 aliphatic heterocycles. The van der Waals surface area contributed by atoms with Crippen LogP contribution < -0.4 is 26.0 Å². The fourth-order valence-corrected chi connectivity index (χ4v) is 3.99. The van der Waals surface area contributed by atoms with Crippen LogP contribution in [0.15, 0.2) is 79.1 Å². The summed E-state index contributed by atoms with van der Waals surface area (Å²) in [6.45, 7) is 3.31. The summed E-state index contributed by atoms with van der Waals surface area (Å²) in [6, 6.07) is 17.2. The summed E-state index contributed by atoms with van der Waals surface area (Å²) in [5.74, 6) is 0.710. The second-order valence-corrected chi connectivity index (χ2v) is 10.1. The number of hydrogen-bond donors (Lipinski definition) is 4. The fraction of sp³-hybridized carbons (Fsp3) is 0.226. The lowest BCUT2D eigenvalue weighted by Crippen LogP contribution is -2.21. The van der Waals surface area contributed by atoms with Gasteiger partial charge in [-0.3, -0.25) is 10.1 Å². The zero-order valence-electron chi connectivity index (χ0n) is 24.3. The highest BCUT2D eigenvalue weighted by Gasteiger charge is 2.30. The first kappa shape index (κ1) is 31.8. The maximum Gasteiger partial charge on any atom is 0.416 e. The summed E-state index contributed by atoms with van der Waals surface area (Å²) in [4.78, 5) is 35.7. The SMILES string of the molecule is Cc1ccc(NC(=O)c2cccc(C(F)(F)F)c2)cc1NC(=O)Nc1cc(Nc2ccc(OCCCN(C)C)cc2)ncn1. The zero-order chi connectivity index (χ0) is 31.7. The van der Waals surface area contributed by atoms with E-state index in [9.17, 15) is 22.8 Å². The monoisotopic (exact) mass is 607 g/mol. The molecule has 10 nitrogen and oxygen atoms in total. The van der Waals surface area contributed by atoms with Gasteiger partial charge in [0.2, 0.25) is 0 Å². The third kappa shape index (κ3) is 9.42. The Morgan fingerprint density at radius 2 is 1.59 bits per heavy atom. The van der Waals surface area contributed by atoms with Crippen LogP contribution in [0.2, 0.25) is 0 Å². The first-order valence-electron chi connectivity index (χ1n) is 13.6. The van der Waals surface area contributed by atoms with E-state index in [0.717, 1.165) is 36.5 Å². The molecule has 44 heavy (non-hydrogen) atoms. The number of carbonyl (C=O) groups excluding carboxylic acids is 2. The molecular weight excluding hydrogens is 575 g/mol. The van der Waals surface area contributed by atoms with Gasteiger partial charge in [0.15, 0.2) is 0 Å². The number of nitrogens with one attached hydrogen (secondary N) is 4. The first-order valence-corrected chi connectivity index (χ1v) is 13.6. The van der Waals surface area contributed by atoms with Crippen LogP contribution in [0.1, 0.15) is 27.9 Å². The van der Waals surface area contributed by atoms with Crippen LogP contribution in [0.4, 0.5) is 46.7 Å². The van der Waals surface area contributed by atoms with Gasteiger partial charge in [0.1, 0.15) is 23.7 Å². The van der Waals surface area contributed by atoms with Gasteiger partial charge in [-0.1, -0.05) is 12.1 Å². The number of hydrogen-bond acceptors (Lipinski definition) is 7. The molecule has 0 saturated carbocycles. The summed E-state index contributed by atoms with van der Waals surface area (Å²) in [6.07, 6.45) is -2.35. The fourth-order valence-electron chi connectivity index (χ4n) is 3.99. The second-order valence-electron chi connectivity index (χ2n) is 10.1. The number of benzene rings is 3. The number of anilines is 5. The lowest BCUT2D eigenvalue weighted by atomic mass is 10.1. The van der Waals surface area contributed by atoms with Crippen LogP contribution in [0, 0.1) is 6.92 Å². The van der Waals surface area contributed by atoms with Crippen LogP contribution in [0.5, 0.6) is 5.75 Å². The van der Waals surface area contributed by atoms with Crippen molar-refractivity contribution in [1.82, 2.24) is 14.9 Å². The van der Waals surface area contributed by atoms with Gasteiger partial charge in [-0.2, -0.15) is 13.2 Å². The Morgan fingerprint density at radius 3 is 2.32 bits per heavy atom. The number of urea groups is 1. The summed E-state index contributed by atoms with van der Waals surface area (Å²) >= 11 is 0. The van der Waals surface area contributed by atoms with Crippen LogP contribution >= 0.6 is 0 Å². The Morgan fingerprint density at radius 1 is 0.864 bits per heavy atom. The number of rotatable bonds is 11. The third-order valence-electron chi connectivity index (χ3n) is 6.25. The molecule has 4 rings (SSSR count). The van der Waals surface area contributed by atoms with Crippen LogP contribution in [0.3, 0.4) is 0 Å². The van der Waals surface area contributed by atoms with Gasteiger partial charge in [0.25, 0.3) is 5.91 Å². The topological polar surface area (TPSA) is 121 Å². The second kappa shape index (κ2) is 14.3. The molecule has 0 bridgehead atoms. The molecule has 0 radical (unpaired) electrons. The van der Waals surface area contributed by atoms with E-state index in [-0.39, 0.29) is 17.1 Å². The van der Waals surface area contributed by atoms with E-state index in [0.29, 0.717) is 23.7 Å². The Balaban J connectivity index is 1.33. The largest absolute Gasteiger partial charge is 0.494 e. The smallest absolute Gasteiger partial charge is 0.416 e. The standard InChI is InChI=1S/C31H32F3N7O3/c1-20-8-9-24(38-29(42)21-6-4-7-22(16-21)31(32,33)34)17-26(20)39-30(43)40-28-18-27(35-19-36-28)37-23-10-12-25(13-11-23)44-15-5-14-41(2)3/h4,6-13,16-19H,5,14-15H2,1-3H3,(H,38,42)(H3,35,36,37,39,40,43). The molecule has 13 heteroatoms. The Hall–Kier alpha value is -5.17. The molecule has 0 aliphatic rings. The summed E-state index contributed by atoms with van der Waals surface area (Å²) in [5, 5.41) is 11.0. The minimum Gasteiger partial charge on any atom is -0.494 e. The number of amides is 3. The molecule has 0 spiro atoms. The van der Waals surface area contributed by atoms with Crippen LogP contribution in [0.25, 0.3) is 0 Å². The normalized spacial score (nSPS) is 11.2. The van der Waals surface area contributed by atoms with Crippen LogP contribution in [-0.2, 0) is 6.18 Å². The van der Waals surface area contributed by atoms with E-state index < -0.39 is 23.7 Å². The van der Waals surface area contributed by atoms with Gasteiger partial charge >= 0.3 is 12.2 Å². The number of carbonyl (C=O) groups is 2. The van der Waals surface area contributed by atoms with Gasteiger partial charge in [-0.15, -0.1) is 0 Å². The van der Waals surface area contributed by atoms with Crippen molar-refractivity contribution >= 4 is 40.6 Å². The number of alkyl halides is 3. The van der Waals surface area contributed by atoms with Crippen molar-refractivity contribution in [1.29, 1.82) is 0 Å². The molecule has 4 N–H and O–H groups in total. The number of nitrogens with zero attached hydrogens (tertiary/aromatic N) is 3. The number of aryl methyl sites for hydroxylation is 1. The Labute approximate surface area is 252 Å². The zero-order valence-corrected chi connectivity index (χ0v) is 24.3. The highest BCUT2D eigenvalue weighted by atomic mass is 19.4. The molecule has 1 heterocycles. The van der Waals surface area contributed by atoms with Gasteiger partial charge in [0.05, 0.1) is 12.2 Å². The van der Waals surface area contributed by atoms with E-state index >= 15 is 0 Å². The van der Waals surface area contributed by atoms with Gasteiger partial charge < -0.3 is 25.6 Å². The lowest BCUT2D eigenvalue weighted by molar-refractivity contribution is -0.137. The minimum absolute atomic E-state index is 0.152. The third-order valence-corrected chi connectivity index (χ3v) is 6.25.